The van der Waals surface area contributed by atoms with Crippen molar-refractivity contribution in [3.8, 4) is 0 Å². The van der Waals surface area contributed by atoms with Gasteiger partial charge in [0.1, 0.15) is 0 Å². The number of hydrogen-bond donors (Lipinski definition) is 2. The fraction of sp³-hybridized carbons (Fsp3) is 0.970. The van der Waals surface area contributed by atoms with E-state index in [-0.39, 0.29) is 29.1 Å². The van der Waals surface area contributed by atoms with Gasteiger partial charge in [-0.25, -0.2) is 4.99 Å². The second kappa shape index (κ2) is 8.22. The summed E-state index contributed by atoms with van der Waals surface area (Å²) in [7, 11) is 0. The van der Waals surface area contributed by atoms with Gasteiger partial charge >= 0.3 is 0 Å². The third-order valence-corrected chi connectivity index (χ3v) is 13.8. The van der Waals surface area contributed by atoms with Crippen LogP contribution in [-0.2, 0) is 9.47 Å². The van der Waals surface area contributed by atoms with E-state index in [9.17, 15) is 10.2 Å². The lowest BCUT2D eigenvalue weighted by Gasteiger charge is -2.59. The van der Waals surface area contributed by atoms with E-state index in [0.29, 0.717) is 40.9 Å². The van der Waals surface area contributed by atoms with E-state index < -0.39 is 11.3 Å². The van der Waals surface area contributed by atoms with Crippen molar-refractivity contribution in [1.82, 2.24) is 0 Å². The van der Waals surface area contributed by atoms with Crippen LogP contribution >= 0.6 is 0 Å². The lowest BCUT2D eigenvalue weighted by Crippen LogP contribution is -2.55. The van der Waals surface area contributed by atoms with Gasteiger partial charge in [0.2, 0.25) is 5.72 Å². The molecule has 5 aliphatic carbocycles. The third kappa shape index (κ3) is 3.08. The number of aliphatic imine (C=N–C) groups is 1. The first kappa shape index (κ1) is 27.5. The highest BCUT2D eigenvalue weighted by molar-refractivity contribution is 5.76. The van der Waals surface area contributed by atoms with Crippen LogP contribution in [0.15, 0.2) is 4.99 Å². The first-order valence-electron chi connectivity index (χ1n) is 16.1. The molecule has 7 rings (SSSR count). The fourth-order valence-corrected chi connectivity index (χ4v) is 12.6. The Morgan fingerprint density at radius 2 is 1.63 bits per heavy atom. The minimum Gasteiger partial charge on any atom is -0.472 e. The molecule has 7 aliphatic rings. The number of aliphatic hydroxyl groups excluding tert-OH is 1. The fourth-order valence-electron chi connectivity index (χ4n) is 12.6. The van der Waals surface area contributed by atoms with Crippen molar-refractivity contribution >= 4 is 5.90 Å². The molecule has 0 amide bonds. The maximum atomic E-state index is 11.0. The van der Waals surface area contributed by atoms with Crippen LogP contribution in [0.1, 0.15) is 120 Å². The Hall–Kier alpha value is -0.650. The highest BCUT2D eigenvalue weighted by atomic mass is 16.6. The van der Waals surface area contributed by atoms with Gasteiger partial charge in [-0.05, 0) is 105 Å². The van der Waals surface area contributed by atoms with Gasteiger partial charge in [0.15, 0.2) is 12.0 Å². The molecule has 12 atom stereocenters. The van der Waals surface area contributed by atoms with Gasteiger partial charge in [0.05, 0.1) is 17.8 Å². The molecule has 5 saturated carbocycles. The van der Waals surface area contributed by atoms with Crippen molar-refractivity contribution < 1.29 is 19.7 Å². The molecule has 2 aliphatic heterocycles. The zero-order valence-electron chi connectivity index (χ0n) is 25.6. The lowest BCUT2D eigenvalue weighted by atomic mass is 9.46. The number of aliphatic hydroxyl groups is 2. The Morgan fingerprint density at radius 1 is 0.947 bits per heavy atom. The number of nitrogens with zero attached hydrogens (tertiary/aromatic N) is 1. The predicted octanol–water partition coefficient (Wildman–Crippen LogP) is 6.74. The number of rotatable bonds is 2. The predicted molar refractivity (Wildman–Crippen MR) is 151 cm³/mol. The monoisotopic (exact) mass is 529 g/mol. The summed E-state index contributed by atoms with van der Waals surface area (Å²) >= 11 is 0. The molecule has 0 aromatic carbocycles. The number of fused-ring (bicyclic) bond motifs is 4. The summed E-state index contributed by atoms with van der Waals surface area (Å²) in [5, 5.41) is 21.6. The molecule has 5 unspecified atom stereocenters. The molecule has 0 aromatic rings. The first-order chi connectivity index (χ1) is 17.7. The Labute approximate surface area is 231 Å². The Balaban J connectivity index is 0.00000129. The molecule has 5 nitrogen and oxygen atoms in total. The third-order valence-electron chi connectivity index (χ3n) is 13.8. The molecular weight excluding hydrogens is 474 g/mol. The van der Waals surface area contributed by atoms with Gasteiger partial charge in [-0.15, -0.1) is 0 Å². The van der Waals surface area contributed by atoms with Crippen LogP contribution in [0.4, 0.5) is 0 Å². The maximum absolute atomic E-state index is 11.0. The molecule has 2 N–H and O–H groups in total. The molecule has 0 bridgehead atoms. The van der Waals surface area contributed by atoms with E-state index in [2.05, 4.69) is 27.7 Å². The van der Waals surface area contributed by atoms with Gasteiger partial charge in [-0.1, -0.05) is 41.5 Å². The van der Waals surface area contributed by atoms with Crippen LogP contribution in [0, 0.1) is 51.2 Å². The Bertz CT molecular complexity index is 1000. The van der Waals surface area contributed by atoms with Gasteiger partial charge in [0, 0.05) is 25.2 Å². The minimum absolute atomic E-state index is 0.00266. The van der Waals surface area contributed by atoms with Gasteiger partial charge < -0.3 is 19.7 Å². The summed E-state index contributed by atoms with van der Waals surface area (Å²) in [4.78, 5) is 5.22. The highest BCUT2D eigenvalue weighted by Gasteiger charge is 2.87. The molecule has 3 spiro atoms. The van der Waals surface area contributed by atoms with Crippen LogP contribution < -0.4 is 0 Å². The van der Waals surface area contributed by atoms with Crippen LogP contribution in [0.3, 0.4) is 0 Å². The lowest BCUT2D eigenvalue weighted by molar-refractivity contribution is -0.191. The second-order valence-corrected chi connectivity index (χ2v) is 15.8. The first-order valence-corrected chi connectivity index (χ1v) is 16.1. The summed E-state index contributed by atoms with van der Waals surface area (Å²) in [6.45, 7) is 19.6. The molecule has 38 heavy (non-hydrogen) atoms. The van der Waals surface area contributed by atoms with E-state index >= 15 is 0 Å². The average molecular weight is 530 g/mol. The van der Waals surface area contributed by atoms with E-state index in [1.165, 1.54) is 32.1 Å². The van der Waals surface area contributed by atoms with E-state index in [4.69, 9.17) is 14.5 Å². The molecule has 0 radical (unpaired) electrons. The summed E-state index contributed by atoms with van der Waals surface area (Å²) in [5.41, 5.74) is -0.354. The standard InChI is InChI=1S/C31H49NO4.C2H6/c1-17-29-15-14-28(7)22-10-8-19(16-26(3,4)34)36-31(22)25(35-18(2)32-31)24(28)20(29)9-11-21-27(5,6)23(33)12-13-30(17,21)29;1-2/h17,19-25,33-34H,8-16H2,1-7H3;1-2H3/t17-,19+,20-,21?,22+,23-,24?,25?,28+,29-,30?,31?;/m0./s1. The van der Waals surface area contributed by atoms with Crippen molar-refractivity contribution in [2.45, 2.75) is 150 Å². The zero-order valence-corrected chi connectivity index (χ0v) is 25.6. The quantitative estimate of drug-likeness (QED) is 0.415. The van der Waals surface area contributed by atoms with Crippen LogP contribution in [0.5, 0.6) is 0 Å². The number of ether oxygens (including phenoxy) is 2. The summed E-state index contributed by atoms with van der Waals surface area (Å²) in [6, 6.07) is 0. The molecule has 216 valence electrons. The molecule has 5 heteroatoms. The van der Waals surface area contributed by atoms with Crippen molar-refractivity contribution in [2.75, 3.05) is 0 Å². The van der Waals surface area contributed by atoms with Crippen molar-refractivity contribution in [1.29, 1.82) is 0 Å². The van der Waals surface area contributed by atoms with Crippen LogP contribution in [0.2, 0.25) is 0 Å². The summed E-state index contributed by atoms with van der Waals surface area (Å²) in [5.74, 6) is 3.65. The summed E-state index contributed by atoms with van der Waals surface area (Å²) in [6.07, 6.45) is 9.85. The van der Waals surface area contributed by atoms with Gasteiger partial charge in [-0.2, -0.15) is 0 Å². The van der Waals surface area contributed by atoms with E-state index in [1.807, 2.05) is 34.6 Å². The van der Waals surface area contributed by atoms with Crippen molar-refractivity contribution in [3.63, 3.8) is 0 Å². The zero-order chi connectivity index (χ0) is 27.7. The van der Waals surface area contributed by atoms with Gasteiger partial charge in [-0.3, -0.25) is 0 Å². The van der Waals surface area contributed by atoms with Gasteiger partial charge in [0.25, 0.3) is 0 Å². The molecule has 0 aromatic heterocycles. The van der Waals surface area contributed by atoms with Crippen LogP contribution in [0.25, 0.3) is 0 Å². The second-order valence-electron chi connectivity index (χ2n) is 15.8. The molecule has 2 heterocycles. The molecule has 6 fully saturated rings. The maximum Gasteiger partial charge on any atom is 0.203 e. The smallest absolute Gasteiger partial charge is 0.203 e. The average Bonchev–Trinajstić information content (AvgIpc) is 3.08. The van der Waals surface area contributed by atoms with Crippen LogP contribution in [-0.4, -0.2) is 45.7 Å². The largest absolute Gasteiger partial charge is 0.472 e. The highest BCUT2D eigenvalue weighted by Crippen LogP contribution is 2.90. The van der Waals surface area contributed by atoms with Crippen molar-refractivity contribution in [3.05, 3.63) is 0 Å². The van der Waals surface area contributed by atoms with E-state index in [0.717, 1.165) is 31.1 Å². The number of hydrogen-bond acceptors (Lipinski definition) is 5. The SMILES string of the molecule is CC.CC1=NC23O[C@@H](CC(C)(C)O)CC[C@@H]2[C@@]2(C)CC[C@@]45[C@H](C)C46CC[C@H](O)C(C)(C)C6CC[C@H]5C2C3O1. The minimum atomic E-state index is -0.742. The normalized spacial score (nSPS) is 55.4. The topological polar surface area (TPSA) is 71.3 Å². The molecule has 1 saturated heterocycles. The van der Waals surface area contributed by atoms with Crippen molar-refractivity contribution in [2.24, 2.45) is 56.2 Å². The summed E-state index contributed by atoms with van der Waals surface area (Å²) < 4.78 is 13.7. The Kier molecular flexibility index (Phi) is 5.95. The molecular formula is C33H55NO4. The van der Waals surface area contributed by atoms with E-state index in [1.54, 1.807) is 0 Å². The Morgan fingerprint density at radius 3 is 2.32 bits per heavy atom.